The van der Waals surface area contributed by atoms with Crippen molar-refractivity contribution in [2.24, 2.45) is 0 Å². The third-order valence-corrected chi connectivity index (χ3v) is 1.89. The van der Waals surface area contributed by atoms with Crippen LogP contribution in [-0.2, 0) is 5.88 Å². The molecule has 0 fully saturated rings. The summed E-state index contributed by atoms with van der Waals surface area (Å²) < 4.78 is 5.52. The molecule has 4 heteroatoms. The molecule has 78 valence electrons. The van der Waals surface area contributed by atoms with Crippen LogP contribution in [0, 0.1) is 6.92 Å². The molecule has 0 bridgehead atoms. The third-order valence-electron chi connectivity index (χ3n) is 1.60. The summed E-state index contributed by atoms with van der Waals surface area (Å²) in [5, 5.41) is 0. The summed E-state index contributed by atoms with van der Waals surface area (Å²) in [5.74, 6) is 0.432. The van der Waals surface area contributed by atoms with Crippen molar-refractivity contribution in [3.63, 3.8) is 0 Å². The van der Waals surface area contributed by atoms with Crippen LogP contribution in [0.25, 0.3) is 0 Å². The van der Waals surface area contributed by atoms with Gasteiger partial charge in [-0.1, -0.05) is 0 Å². The maximum absolute atomic E-state index is 5.70. The average molecular weight is 215 g/mol. The molecule has 0 unspecified atom stereocenters. The first-order valence-electron chi connectivity index (χ1n) is 4.50. The largest absolute Gasteiger partial charge is 0.458 e. The number of rotatable bonds is 2. The number of nitrogens with zero attached hydrogens (tertiary/aromatic N) is 2. The van der Waals surface area contributed by atoms with Gasteiger partial charge in [0, 0.05) is 17.5 Å². The van der Waals surface area contributed by atoms with E-state index in [1.165, 1.54) is 0 Å². The van der Waals surface area contributed by atoms with E-state index in [4.69, 9.17) is 16.3 Å². The van der Waals surface area contributed by atoms with Gasteiger partial charge in [-0.3, -0.25) is 0 Å². The molecular weight excluding hydrogens is 200 g/mol. The number of halogens is 1. The summed E-state index contributed by atoms with van der Waals surface area (Å²) >= 11 is 5.70. The van der Waals surface area contributed by atoms with E-state index >= 15 is 0 Å². The van der Waals surface area contributed by atoms with E-state index in [-0.39, 0.29) is 5.60 Å². The van der Waals surface area contributed by atoms with E-state index < -0.39 is 0 Å². The van der Waals surface area contributed by atoms with Crippen molar-refractivity contribution < 1.29 is 4.74 Å². The molecule has 0 atom stereocenters. The van der Waals surface area contributed by atoms with Gasteiger partial charge in [-0.15, -0.1) is 11.6 Å². The van der Waals surface area contributed by atoms with Crippen LogP contribution in [0.2, 0.25) is 0 Å². The lowest BCUT2D eigenvalue weighted by Crippen LogP contribution is -2.24. The number of aryl methyl sites for hydroxylation is 1. The zero-order valence-electron chi connectivity index (χ0n) is 8.97. The molecule has 1 heterocycles. The molecule has 0 saturated heterocycles. The van der Waals surface area contributed by atoms with Gasteiger partial charge in [0.2, 0.25) is 0 Å². The lowest BCUT2D eigenvalue weighted by molar-refractivity contribution is 0.116. The zero-order chi connectivity index (χ0) is 10.8. The van der Waals surface area contributed by atoms with Gasteiger partial charge in [0.1, 0.15) is 5.60 Å². The normalized spacial score (nSPS) is 11.5. The predicted molar refractivity (Wildman–Crippen MR) is 56.7 cm³/mol. The predicted octanol–water partition coefficient (Wildman–Crippen LogP) is 2.70. The molecule has 3 nitrogen and oxygen atoms in total. The summed E-state index contributed by atoms with van der Waals surface area (Å²) in [7, 11) is 0. The second-order valence-corrected chi connectivity index (χ2v) is 4.38. The van der Waals surface area contributed by atoms with E-state index in [1.54, 1.807) is 6.20 Å². The van der Waals surface area contributed by atoms with Gasteiger partial charge in [-0.2, -0.15) is 0 Å². The molecular formula is C10H15ClN2O. The minimum atomic E-state index is -0.269. The Morgan fingerprint density at radius 1 is 1.43 bits per heavy atom. The SMILES string of the molecule is Cc1nc(OC(C)(C)C)ncc1CCl. The van der Waals surface area contributed by atoms with Crippen LogP contribution < -0.4 is 4.74 Å². The first-order valence-corrected chi connectivity index (χ1v) is 5.03. The molecule has 0 aliphatic carbocycles. The minimum Gasteiger partial charge on any atom is -0.458 e. The van der Waals surface area contributed by atoms with Gasteiger partial charge >= 0.3 is 6.01 Å². The van der Waals surface area contributed by atoms with Crippen LogP contribution in [0.4, 0.5) is 0 Å². The first kappa shape index (κ1) is 11.2. The molecule has 0 aliphatic rings. The van der Waals surface area contributed by atoms with Crippen molar-refractivity contribution in [2.45, 2.75) is 39.2 Å². The van der Waals surface area contributed by atoms with E-state index in [1.807, 2.05) is 27.7 Å². The molecule has 0 amide bonds. The Bertz CT molecular complexity index is 320. The number of ether oxygens (including phenoxy) is 1. The molecule has 0 radical (unpaired) electrons. The van der Waals surface area contributed by atoms with Crippen molar-refractivity contribution in [2.75, 3.05) is 0 Å². The highest BCUT2D eigenvalue weighted by molar-refractivity contribution is 6.17. The van der Waals surface area contributed by atoms with Crippen molar-refractivity contribution in [1.82, 2.24) is 9.97 Å². The zero-order valence-corrected chi connectivity index (χ0v) is 9.72. The second kappa shape index (κ2) is 4.13. The van der Waals surface area contributed by atoms with E-state index in [0.29, 0.717) is 11.9 Å². The van der Waals surface area contributed by atoms with E-state index in [2.05, 4.69) is 9.97 Å². The maximum Gasteiger partial charge on any atom is 0.317 e. The van der Waals surface area contributed by atoms with Crippen molar-refractivity contribution in [3.8, 4) is 6.01 Å². The molecule has 14 heavy (non-hydrogen) atoms. The molecule has 1 rings (SSSR count). The third kappa shape index (κ3) is 3.14. The Balaban J connectivity index is 2.87. The van der Waals surface area contributed by atoms with Crippen LogP contribution >= 0.6 is 11.6 Å². The van der Waals surface area contributed by atoms with Gasteiger partial charge in [-0.05, 0) is 27.7 Å². The number of hydrogen-bond donors (Lipinski definition) is 0. The fourth-order valence-corrected chi connectivity index (χ4v) is 1.19. The fourth-order valence-electron chi connectivity index (χ4n) is 0.925. The number of aromatic nitrogens is 2. The first-order chi connectivity index (χ1) is 6.42. The highest BCUT2D eigenvalue weighted by atomic mass is 35.5. The number of hydrogen-bond acceptors (Lipinski definition) is 3. The average Bonchev–Trinajstić information content (AvgIpc) is 2.01. The Morgan fingerprint density at radius 2 is 2.07 bits per heavy atom. The summed E-state index contributed by atoms with van der Waals surface area (Å²) in [6.07, 6.45) is 1.70. The van der Waals surface area contributed by atoms with Gasteiger partial charge in [0.05, 0.1) is 5.88 Å². The Morgan fingerprint density at radius 3 is 2.50 bits per heavy atom. The lowest BCUT2D eigenvalue weighted by atomic mass is 10.2. The summed E-state index contributed by atoms with van der Waals surface area (Å²) in [4.78, 5) is 8.29. The Hall–Kier alpha value is -0.830. The molecule has 1 aromatic heterocycles. The van der Waals surface area contributed by atoms with Crippen LogP contribution in [-0.4, -0.2) is 15.6 Å². The molecule has 0 aliphatic heterocycles. The van der Waals surface area contributed by atoms with Crippen LogP contribution in [0.3, 0.4) is 0 Å². The van der Waals surface area contributed by atoms with Gasteiger partial charge in [0.25, 0.3) is 0 Å². The van der Waals surface area contributed by atoms with E-state index in [9.17, 15) is 0 Å². The van der Waals surface area contributed by atoms with Crippen LogP contribution in [0.5, 0.6) is 6.01 Å². The summed E-state index contributed by atoms with van der Waals surface area (Å²) in [6, 6.07) is 0.406. The summed E-state index contributed by atoms with van der Waals surface area (Å²) in [5.41, 5.74) is 1.54. The van der Waals surface area contributed by atoms with Gasteiger partial charge < -0.3 is 4.74 Å². The number of alkyl halides is 1. The maximum atomic E-state index is 5.70. The molecule has 0 saturated carbocycles. The second-order valence-electron chi connectivity index (χ2n) is 4.11. The topological polar surface area (TPSA) is 35.0 Å². The smallest absolute Gasteiger partial charge is 0.317 e. The highest BCUT2D eigenvalue weighted by Crippen LogP contribution is 2.15. The fraction of sp³-hybridized carbons (Fsp3) is 0.600. The minimum absolute atomic E-state index is 0.269. The van der Waals surface area contributed by atoms with Crippen LogP contribution in [0.15, 0.2) is 6.20 Å². The molecule has 0 N–H and O–H groups in total. The quantitative estimate of drug-likeness (QED) is 0.710. The van der Waals surface area contributed by atoms with Gasteiger partial charge in [-0.25, -0.2) is 9.97 Å². The molecule has 0 spiro atoms. The molecule has 0 aromatic carbocycles. The standard InChI is InChI=1S/C10H15ClN2O/c1-7-8(5-11)6-12-9(13-7)14-10(2,3)4/h6H,5H2,1-4H3. The van der Waals surface area contributed by atoms with Gasteiger partial charge in [0.15, 0.2) is 0 Å². The lowest BCUT2D eigenvalue weighted by Gasteiger charge is -2.19. The Kier molecular flexibility index (Phi) is 3.32. The summed E-state index contributed by atoms with van der Waals surface area (Å²) in [6.45, 7) is 7.78. The van der Waals surface area contributed by atoms with Crippen LogP contribution in [0.1, 0.15) is 32.0 Å². The van der Waals surface area contributed by atoms with Crippen molar-refractivity contribution in [3.05, 3.63) is 17.5 Å². The monoisotopic (exact) mass is 214 g/mol. The van der Waals surface area contributed by atoms with E-state index in [0.717, 1.165) is 11.3 Å². The van der Waals surface area contributed by atoms with Crippen molar-refractivity contribution in [1.29, 1.82) is 0 Å². The van der Waals surface area contributed by atoms with Crippen molar-refractivity contribution >= 4 is 11.6 Å². The Labute approximate surface area is 89.5 Å². The molecule has 1 aromatic rings. The highest BCUT2D eigenvalue weighted by Gasteiger charge is 2.14.